The molecule has 1 amide bonds. The maximum atomic E-state index is 12.6. The number of aromatic nitrogens is 1. The second-order valence-electron chi connectivity index (χ2n) is 7.89. The zero-order valence-electron chi connectivity index (χ0n) is 19.7. The molecule has 0 saturated carbocycles. The van der Waals surface area contributed by atoms with Gasteiger partial charge in [-0.05, 0) is 58.3 Å². The summed E-state index contributed by atoms with van der Waals surface area (Å²) in [5.74, 6) is 0.961. The molecule has 0 aliphatic heterocycles. The van der Waals surface area contributed by atoms with Crippen LogP contribution in [0.1, 0.15) is 25.3 Å². The number of benzene rings is 2. The van der Waals surface area contributed by atoms with Crippen molar-refractivity contribution >= 4 is 45.5 Å². The molecule has 2 N–H and O–H groups in total. The number of halogens is 1. The summed E-state index contributed by atoms with van der Waals surface area (Å²) < 4.78 is 11.0. The number of carbonyl (C=O) groups is 1. The number of methoxy groups -OCH3 is 1. The molecule has 3 rings (SSSR count). The second kappa shape index (κ2) is 11.5. The molecule has 178 valence electrons. The Bertz CT molecular complexity index is 1220. The van der Waals surface area contributed by atoms with E-state index in [0.717, 1.165) is 13.0 Å². The lowest BCUT2D eigenvalue weighted by Gasteiger charge is -2.17. The first kappa shape index (κ1) is 25.1. The highest BCUT2D eigenvalue weighted by Crippen LogP contribution is 2.37. The molecule has 0 spiro atoms. The van der Waals surface area contributed by atoms with Gasteiger partial charge in [-0.1, -0.05) is 11.6 Å². The third kappa shape index (κ3) is 6.07. The van der Waals surface area contributed by atoms with E-state index in [2.05, 4.69) is 21.7 Å². The average molecular weight is 482 g/mol. The van der Waals surface area contributed by atoms with Gasteiger partial charge in [0.25, 0.3) is 0 Å². The van der Waals surface area contributed by atoms with Crippen molar-refractivity contribution in [3.63, 3.8) is 0 Å². The predicted octanol–water partition coefficient (Wildman–Crippen LogP) is 5.19. The highest BCUT2D eigenvalue weighted by molar-refractivity contribution is 6.32. The van der Waals surface area contributed by atoms with E-state index in [9.17, 15) is 10.1 Å². The Kier molecular flexibility index (Phi) is 8.52. The van der Waals surface area contributed by atoms with Crippen molar-refractivity contribution in [1.29, 1.82) is 5.26 Å². The van der Waals surface area contributed by atoms with Gasteiger partial charge in [-0.2, -0.15) is 5.26 Å². The molecule has 1 aromatic heterocycles. The van der Waals surface area contributed by atoms with Crippen molar-refractivity contribution in [3.8, 4) is 17.6 Å². The van der Waals surface area contributed by atoms with Gasteiger partial charge >= 0.3 is 0 Å². The summed E-state index contributed by atoms with van der Waals surface area (Å²) in [6.07, 6.45) is 2.63. The van der Waals surface area contributed by atoms with Crippen molar-refractivity contribution < 1.29 is 14.3 Å². The molecule has 0 radical (unpaired) electrons. The predicted molar refractivity (Wildman–Crippen MR) is 135 cm³/mol. The van der Waals surface area contributed by atoms with Crippen LogP contribution in [0, 0.1) is 11.3 Å². The first-order valence-corrected chi connectivity index (χ1v) is 11.3. The fourth-order valence-corrected chi connectivity index (χ4v) is 3.73. The van der Waals surface area contributed by atoms with Gasteiger partial charge in [-0.25, -0.2) is 0 Å². The van der Waals surface area contributed by atoms with E-state index < -0.39 is 0 Å². The Morgan fingerprint density at radius 2 is 2.03 bits per heavy atom. The molecular formula is C25H28ClN5O3. The van der Waals surface area contributed by atoms with Gasteiger partial charge in [0, 0.05) is 29.8 Å². The number of hydrogen-bond donors (Lipinski definition) is 2. The van der Waals surface area contributed by atoms with Gasteiger partial charge in [0.2, 0.25) is 5.91 Å². The smallest absolute Gasteiger partial charge is 0.224 e. The van der Waals surface area contributed by atoms with E-state index in [0.29, 0.717) is 63.1 Å². The van der Waals surface area contributed by atoms with Gasteiger partial charge in [0.15, 0.2) is 0 Å². The number of ether oxygens (including phenoxy) is 2. The van der Waals surface area contributed by atoms with Crippen molar-refractivity contribution in [2.45, 2.75) is 19.8 Å². The van der Waals surface area contributed by atoms with E-state index in [1.54, 1.807) is 37.4 Å². The number of nitrogens with zero attached hydrogens (tertiary/aromatic N) is 3. The Morgan fingerprint density at radius 3 is 2.68 bits per heavy atom. The molecule has 0 saturated heterocycles. The van der Waals surface area contributed by atoms with Crippen molar-refractivity contribution in [2.75, 3.05) is 45.0 Å². The van der Waals surface area contributed by atoms with E-state index in [4.69, 9.17) is 21.1 Å². The first-order chi connectivity index (χ1) is 16.4. The topological polar surface area (TPSA) is 99.5 Å². The van der Waals surface area contributed by atoms with Gasteiger partial charge in [-0.3, -0.25) is 9.78 Å². The van der Waals surface area contributed by atoms with Crippen LogP contribution in [0.5, 0.6) is 11.5 Å². The quantitative estimate of drug-likeness (QED) is 0.411. The Morgan fingerprint density at radius 1 is 1.24 bits per heavy atom. The lowest BCUT2D eigenvalue weighted by Crippen LogP contribution is -2.17. The molecule has 0 aliphatic carbocycles. The van der Waals surface area contributed by atoms with E-state index >= 15 is 0 Å². The van der Waals surface area contributed by atoms with Crippen molar-refractivity contribution in [3.05, 3.63) is 47.1 Å². The van der Waals surface area contributed by atoms with Gasteiger partial charge in [0.1, 0.15) is 17.6 Å². The number of carbonyl (C=O) groups excluding carboxylic acids is 1. The molecule has 9 heteroatoms. The fraction of sp³-hybridized carbons (Fsp3) is 0.320. The average Bonchev–Trinajstić information content (AvgIpc) is 2.80. The third-order valence-corrected chi connectivity index (χ3v) is 5.39. The van der Waals surface area contributed by atoms with Crippen LogP contribution in [0.15, 0.2) is 36.5 Å². The minimum Gasteiger partial charge on any atom is -0.495 e. The zero-order valence-corrected chi connectivity index (χ0v) is 20.5. The van der Waals surface area contributed by atoms with E-state index in [1.807, 2.05) is 25.9 Å². The van der Waals surface area contributed by atoms with Gasteiger partial charge in [0.05, 0.1) is 41.2 Å². The van der Waals surface area contributed by atoms with Crippen LogP contribution < -0.4 is 20.1 Å². The molecule has 0 atom stereocenters. The fourth-order valence-electron chi connectivity index (χ4n) is 3.47. The molecule has 0 aliphatic rings. The summed E-state index contributed by atoms with van der Waals surface area (Å²) in [5.41, 5.74) is 2.73. The molecule has 0 bridgehead atoms. The molecule has 0 fully saturated rings. The summed E-state index contributed by atoms with van der Waals surface area (Å²) in [7, 11) is 5.49. The molecule has 3 aromatic rings. The van der Waals surface area contributed by atoms with Crippen LogP contribution in [-0.4, -0.2) is 50.1 Å². The molecular weight excluding hydrogens is 454 g/mol. The Hall–Kier alpha value is -3.54. The number of hydrogen-bond acceptors (Lipinski definition) is 7. The lowest BCUT2D eigenvalue weighted by atomic mass is 10.1. The van der Waals surface area contributed by atoms with E-state index in [-0.39, 0.29) is 5.91 Å². The maximum Gasteiger partial charge on any atom is 0.224 e. The van der Waals surface area contributed by atoms with E-state index in [1.165, 1.54) is 6.20 Å². The van der Waals surface area contributed by atoms with Crippen LogP contribution in [0.2, 0.25) is 5.02 Å². The summed E-state index contributed by atoms with van der Waals surface area (Å²) >= 11 is 6.28. The SMILES string of the molecule is CCOc1cc2ncc(C#N)c(Nc3ccc(OC)c(Cl)c3)c2cc1NC(=O)CCCN(C)C. The number of nitrogens with one attached hydrogen (secondary N) is 2. The number of fused-ring (bicyclic) bond motifs is 1. The highest BCUT2D eigenvalue weighted by Gasteiger charge is 2.16. The van der Waals surface area contributed by atoms with Crippen LogP contribution in [0.25, 0.3) is 10.9 Å². The van der Waals surface area contributed by atoms with Crippen molar-refractivity contribution in [1.82, 2.24) is 9.88 Å². The lowest BCUT2D eigenvalue weighted by molar-refractivity contribution is -0.116. The third-order valence-electron chi connectivity index (χ3n) is 5.09. The summed E-state index contributed by atoms with van der Waals surface area (Å²) in [6.45, 7) is 3.12. The molecule has 2 aromatic carbocycles. The normalized spacial score (nSPS) is 10.7. The molecule has 0 unspecified atom stereocenters. The largest absolute Gasteiger partial charge is 0.495 e. The zero-order chi connectivity index (χ0) is 24.7. The molecule has 8 nitrogen and oxygen atoms in total. The monoisotopic (exact) mass is 481 g/mol. The Balaban J connectivity index is 2.02. The second-order valence-corrected chi connectivity index (χ2v) is 8.29. The standard InChI is InChI=1S/C25H28ClN5O3/c1-5-34-23-13-20-18(12-21(23)30-24(32)7-6-10-31(2)3)25(16(14-27)15-28-20)29-17-8-9-22(33-4)19(26)11-17/h8-9,11-13,15H,5-7,10H2,1-4H3,(H,28,29)(H,30,32). The number of rotatable bonds is 10. The summed E-state index contributed by atoms with van der Waals surface area (Å²) in [6, 6.07) is 11.0. The van der Waals surface area contributed by atoms with Crippen LogP contribution in [0.3, 0.4) is 0 Å². The first-order valence-electron chi connectivity index (χ1n) is 10.9. The van der Waals surface area contributed by atoms with Gasteiger partial charge < -0.3 is 25.0 Å². The highest BCUT2D eigenvalue weighted by atomic mass is 35.5. The maximum absolute atomic E-state index is 12.6. The number of anilines is 3. The number of pyridine rings is 1. The Labute approximate surface area is 204 Å². The van der Waals surface area contributed by atoms with Crippen molar-refractivity contribution in [2.24, 2.45) is 0 Å². The number of amides is 1. The molecule has 34 heavy (non-hydrogen) atoms. The summed E-state index contributed by atoms with van der Waals surface area (Å²) in [4.78, 5) is 19.0. The van der Waals surface area contributed by atoms with Crippen LogP contribution in [0.4, 0.5) is 17.1 Å². The van der Waals surface area contributed by atoms with Crippen LogP contribution in [-0.2, 0) is 4.79 Å². The molecule has 1 heterocycles. The van der Waals surface area contributed by atoms with Crippen LogP contribution >= 0.6 is 11.6 Å². The number of nitriles is 1. The minimum absolute atomic E-state index is 0.108. The minimum atomic E-state index is -0.108. The van der Waals surface area contributed by atoms with Gasteiger partial charge in [-0.15, -0.1) is 0 Å². The summed E-state index contributed by atoms with van der Waals surface area (Å²) in [5, 5.41) is 17.0.